The van der Waals surface area contributed by atoms with E-state index < -0.39 is 0 Å². The fourth-order valence-electron chi connectivity index (χ4n) is 2.31. The molecule has 2 aromatic carbocycles. The van der Waals surface area contributed by atoms with E-state index in [9.17, 15) is 9.59 Å². The molecule has 0 bridgehead atoms. The Morgan fingerprint density at radius 2 is 1.72 bits per heavy atom. The lowest BCUT2D eigenvalue weighted by Crippen LogP contribution is -2.32. The minimum Gasteiger partial charge on any atom is -0.343 e. The molecule has 2 rings (SSSR count). The monoisotopic (exact) mass is 356 g/mol. The van der Waals surface area contributed by atoms with Gasteiger partial charge in [-0.25, -0.2) is 0 Å². The maximum absolute atomic E-state index is 12.0. The Balaban J connectivity index is 1.88. The van der Waals surface area contributed by atoms with Gasteiger partial charge in [-0.1, -0.05) is 41.9 Å². The van der Waals surface area contributed by atoms with Gasteiger partial charge < -0.3 is 10.6 Å². The Morgan fingerprint density at radius 3 is 2.36 bits per heavy atom. The van der Waals surface area contributed by atoms with Crippen LogP contribution < -0.4 is 10.6 Å². The highest BCUT2D eigenvalue weighted by Crippen LogP contribution is 2.19. The van der Waals surface area contributed by atoms with Gasteiger partial charge in [0, 0.05) is 16.8 Å². The zero-order chi connectivity index (χ0) is 18.4. The number of nitrogens with one attached hydrogen (secondary N) is 2. The molecule has 0 aliphatic carbocycles. The topological polar surface area (TPSA) is 58.2 Å². The summed E-state index contributed by atoms with van der Waals surface area (Å²) >= 11 is 6.05. The number of rotatable bonds is 5. The normalized spacial score (nSPS) is 10.7. The molecule has 0 spiro atoms. The van der Waals surface area contributed by atoms with E-state index in [1.807, 2.05) is 51.1 Å². The van der Waals surface area contributed by atoms with Crippen LogP contribution in [0.25, 0.3) is 6.08 Å². The first-order valence-corrected chi connectivity index (χ1v) is 8.33. The molecule has 0 heterocycles. The standard InChI is InChI=1S/C20H21ClN2O2/c1-13-7-8-16(11-17(13)21)9-10-18(24)22-12-19(25)23-20-14(2)5-4-6-15(20)3/h4-11H,12H2,1-3H3,(H,22,24)(H,23,25)/b10-9+. The van der Waals surface area contributed by atoms with E-state index in [2.05, 4.69) is 10.6 Å². The molecule has 0 aromatic heterocycles. The predicted octanol–water partition coefficient (Wildman–Crippen LogP) is 4.03. The summed E-state index contributed by atoms with van der Waals surface area (Å²) in [6.45, 7) is 5.68. The van der Waals surface area contributed by atoms with Crippen molar-refractivity contribution in [2.45, 2.75) is 20.8 Å². The zero-order valence-electron chi connectivity index (χ0n) is 14.5. The fourth-order valence-corrected chi connectivity index (χ4v) is 2.50. The van der Waals surface area contributed by atoms with Crippen molar-refractivity contribution in [2.24, 2.45) is 0 Å². The predicted molar refractivity (Wildman–Crippen MR) is 103 cm³/mol. The highest BCUT2D eigenvalue weighted by Gasteiger charge is 2.08. The van der Waals surface area contributed by atoms with Crippen LogP contribution in [-0.2, 0) is 9.59 Å². The summed E-state index contributed by atoms with van der Waals surface area (Å²) < 4.78 is 0. The number of hydrogen-bond acceptors (Lipinski definition) is 2. The number of hydrogen-bond donors (Lipinski definition) is 2. The number of carbonyl (C=O) groups is 2. The average Bonchev–Trinajstić information content (AvgIpc) is 2.57. The largest absolute Gasteiger partial charge is 0.343 e. The lowest BCUT2D eigenvalue weighted by atomic mass is 10.1. The summed E-state index contributed by atoms with van der Waals surface area (Å²) in [4.78, 5) is 23.9. The van der Waals surface area contributed by atoms with Crippen molar-refractivity contribution in [1.29, 1.82) is 0 Å². The van der Waals surface area contributed by atoms with Gasteiger partial charge in [0.15, 0.2) is 0 Å². The average molecular weight is 357 g/mol. The Hall–Kier alpha value is -2.59. The number of halogens is 1. The molecule has 25 heavy (non-hydrogen) atoms. The van der Waals surface area contributed by atoms with Crippen LogP contribution in [0.5, 0.6) is 0 Å². The number of aryl methyl sites for hydroxylation is 3. The molecule has 130 valence electrons. The van der Waals surface area contributed by atoms with Crippen molar-refractivity contribution in [3.05, 3.63) is 69.8 Å². The number of carbonyl (C=O) groups excluding carboxylic acids is 2. The van der Waals surface area contributed by atoms with Gasteiger partial charge in [0.05, 0.1) is 6.54 Å². The van der Waals surface area contributed by atoms with E-state index in [0.717, 1.165) is 27.9 Å². The fraction of sp³-hybridized carbons (Fsp3) is 0.200. The van der Waals surface area contributed by atoms with Crippen molar-refractivity contribution in [3.63, 3.8) is 0 Å². The molecule has 0 radical (unpaired) electrons. The lowest BCUT2D eigenvalue weighted by molar-refractivity contribution is -0.121. The van der Waals surface area contributed by atoms with E-state index in [-0.39, 0.29) is 18.4 Å². The number of amides is 2. The maximum atomic E-state index is 12.0. The summed E-state index contributed by atoms with van der Waals surface area (Å²) in [7, 11) is 0. The molecule has 0 saturated carbocycles. The molecule has 0 aliphatic heterocycles. The number of para-hydroxylation sites is 1. The first-order chi connectivity index (χ1) is 11.9. The summed E-state index contributed by atoms with van der Waals surface area (Å²) in [5.74, 6) is -0.606. The molecule has 0 atom stereocenters. The molecule has 0 aliphatic rings. The summed E-state index contributed by atoms with van der Waals surface area (Å²) in [6.07, 6.45) is 3.04. The van der Waals surface area contributed by atoms with Gasteiger partial charge >= 0.3 is 0 Å². The van der Waals surface area contributed by atoms with Gasteiger partial charge in [0.2, 0.25) is 11.8 Å². The third-order valence-electron chi connectivity index (χ3n) is 3.79. The molecular weight excluding hydrogens is 336 g/mol. The molecular formula is C20H21ClN2O2. The Bertz CT molecular complexity index is 808. The van der Waals surface area contributed by atoms with Crippen LogP contribution >= 0.6 is 11.6 Å². The van der Waals surface area contributed by atoms with Crippen LogP contribution in [0, 0.1) is 20.8 Å². The smallest absolute Gasteiger partial charge is 0.244 e. The van der Waals surface area contributed by atoms with Crippen LogP contribution in [0.1, 0.15) is 22.3 Å². The number of benzene rings is 2. The second kappa shape index (κ2) is 8.49. The Labute approximate surface area is 152 Å². The molecule has 2 amide bonds. The zero-order valence-corrected chi connectivity index (χ0v) is 15.3. The third kappa shape index (κ3) is 5.47. The van der Waals surface area contributed by atoms with Gasteiger partial charge in [-0.15, -0.1) is 0 Å². The minimum atomic E-state index is -0.339. The highest BCUT2D eigenvalue weighted by molar-refractivity contribution is 6.31. The molecule has 4 nitrogen and oxygen atoms in total. The highest BCUT2D eigenvalue weighted by atomic mass is 35.5. The SMILES string of the molecule is Cc1ccc(/C=C/C(=O)NCC(=O)Nc2c(C)cccc2C)cc1Cl. The second-order valence-electron chi connectivity index (χ2n) is 5.87. The first kappa shape index (κ1) is 18.7. The summed E-state index contributed by atoms with van der Waals surface area (Å²) in [6, 6.07) is 11.3. The van der Waals surface area contributed by atoms with Gasteiger partial charge in [0.25, 0.3) is 0 Å². The van der Waals surface area contributed by atoms with E-state index in [0.29, 0.717) is 5.02 Å². The maximum Gasteiger partial charge on any atom is 0.244 e. The third-order valence-corrected chi connectivity index (χ3v) is 4.20. The quantitative estimate of drug-likeness (QED) is 0.794. The minimum absolute atomic E-state index is 0.0917. The first-order valence-electron chi connectivity index (χ1n) is 7.95. The Kier molecular flexibility index (Phi) is 6.37. The van der Waals surface area contributed by atoms with E-state index in [1.165, 1.54) is 6.08 Å². The van der Waals surface area contributed by atoms with E-state index in [1.54, 1.807) is 12.1 Å². The van der Waals surface area contributed by atoms with Crippen molar-refractivity contribution in [3.8, 4) is 0 Å². The van der Waals surface area contributed by atoms with Crippen molar-refractivity contribution < 1.29 is 9.59 Å². The van der Waals surface area contributed by atoms with Crippen LogP contribution in [0.3, 0.4) is 0 Å². The second-order valence-corrected chi connectivity index (χ2v) is 6.28. The van der Waals surface area contributed by atoms with Crippen molar-refractivity contribution in [2.75, 3.05) is 11.9 Å². The van der Waals surface area contributed by atoms with Gasteiger partial charge in [-0.2, -0.15) is 0 Å². The molecule has 0 unspecified atom stereocenters. The summed E-state index contributed by atoms with van der Waals surface area (Å²) in [5, 5.41) is 6.04. The Morgan fingerprint density at radius 1 is 1.04 bits per heavy atom. The van der Waals surface area contributed by atoms with Gasteiger partial charge in [-0.05, 0) is 55.2 Å². The van der Waals surface area contributed by atoms with Crippen molar-refractivity contribution in [1.82, 2.24) is 5.32 Å². The molecule has 5 heteroatoms. The number of anilines is 1. The van der Waals surface area contributed by atoms with Crippen LogP contribution in [0.2, 0.25) is 5.02 Å². The van der Waals surface area contributed by atoms with Gasteiger partial charge in [-0.3, -0.25) is 9.59 Å². The molecule has 0 fully saturated rings. The van der Waals surface area contributed by atoms with Crippen LogP contribution in [0.15, 0.2) is 42.5 Å². The molecule has 2 aromatic rings. The van der Waals surface area contributed by atoms with E-state index in [4.69, 9.17) is 11.6 Å². The lowest BCUT2D eigenvalue weighted by Gasteiger charge is -2.11. The van der Waals surface area contributed by atoms with Gasteiger partial charge in [0.1, 0.15) is 0 Å². The molecule has 2 N–H and O–H groups in total. The molecule has 0 saturated heterocycles. The summed E-state index contributed by atoms with van der Waals surface area (Å²) in [5.41, 5.74) is 4.55. The van der Waals surface area contributed by atoms with Crippen molar-refractivity contribution >= 4 is 35.2 Å². The van der Waals surface area contributed by atoms with E-state index >= 15 is 0 Å². The van der Waals surface area contributed by atoms with Crippen LogP contribution in [-0.4, -0.2) is 18.4 Å². The van der Waals surface area contributed by atoms with Crippen LogP contribution in [0.4, 0.5) is 5.69 Å².